The molecule has 10 heteroatoms. The van der Waals surface area contributed by atoms with E-state index in [1.165, 1.54) is 16.4 Å². The van der Waals surface area contributed by atoms with Crippen molar-refractivity contribution < 1.29 is 18.0 Å². The van der Waals surface area contributed by atoms with E-state index < -0.39 is 21.8 Å². The molecule has 0 aromatic heterocycles. The quantitative estimate of drug-likeness (QED) is 0.612. The first kappa shape index (κ1) is 23.5. The normalized spacial score (nSPS) is 17.2. The number of carbonyl (C=O) groups is 2. The van der Waals surface area contributed by atoms with Crippen LogP contribution in [0.4, 0.5) is 5.69 Å². The Labute approximate surface area is 191 Å². The Balaban J connectivity index is 1.58. The van der Waals surface area contributed by atoms with Gasteiger partial charge in [0.05, 0.1) is 15.6 Å². The van der Waals surface area contributed by atoms with Gasteiger partial charge in [-0.05, 0) is 55.7 Å². The molecule has 1 aliphatic heterocycles. The molecular formula is C21H23Cl2N3O4S. The first-order valence-corrected chi connectivity index (χ1v) is 12.1. The molecular weight excluding hydrogens is 461 g/mol. The van der Waals surface area contributed by atoms with Crippen molar-refractivity contribution in [1.82, 2.24) is 9.62 Å². The van der Waals surface area contributed by atoms with Gasteiger partial charge in [0, 0.05) is 24.2 Å². The van der Waals surface area contributed by atoms with Gasteiger partial charge in [0.2, 0.25) is 10.0 Å². The van der Waals surface area contributed by atoms with E-state index in [0.717, 1.165) is 12.8 Å². The minimum Gasteiger partial charge on any atom is -0.348 e. The third kappa shape index (κ3) is 5.98. The number of nitrogens with zero attached hydrogens (tertiary/aromatic N) is 1. The molecule has 2 N–H and O–H groups in total. The number of hydrogen-bond donors (Lipinski definition) is 2. The third-order valence-corrected chi connectivity index (χ3v) is 7.63. The maximum absolute atomic E-state index is 13.1. The van der Waals surface area contributed by atoms with Crippen LogP contribution in [0.2, 0.25) is 10.0 Å². The molecule has 166 valence electrons. The van der Waals surface area contributed by atoms with Crippen molar-refractivity contribution in [1.29, 1.82) is 0 Å². The van der Waals surface area contributed by atoms with Crippen LogP contribution in [0, 0.1) is 0 Å². The monoisotopic (exact) mass is 483 g/mol. The number of amides is 2. The van der Waals surface area contributed by atoms with Crippen molar-refractivity contribution >= 4 is 50.7 Å². The van der Waals surface area contributed by atoms with Crippen LogP contribution < -0.4 is 10.6 Å². The maximum atomic E-state index is 13.1. The van der Waals surface area contributed by atoms with Crippen LogP contribution in [0.1, 0.15) is 25.7 Å². The summed E-state index contributed by atoms with van der Waals surface area (Å²) >= 11 is 11.9. The SMILES string of the molecule is O=C(NCC[C@@H]1CCCCN1S(=O)(=O)c1ccc(Cl)cc1)C(=O)Nc1ccccc1Cl. The largest absolute Gasteiger partial charge is 0.348 e. The number of benzene rings is 2. The Hall–Kier alpha value is -2.13. The Kier molecular flexibility index (Phi) is 7.94. The van der Waals surface area contributed by atoms with Crippen LogP contribution in [0.5, 0.6) is 0 Å². The summed E-state index contributed by atoms with van der Waals surface area (Å²) in [5.41, 5.74) is 0.344. The molecule has 0 unspecified atom stereocenters. The van der Waals surface area contributed by atoms with Gasteiger partial charge in [0.15, 0.2) is 0 Å². The van der Waals surface area contributed by atoms with E-state index in [4.69, 9.17) is 23.2 Å². The third-order valence-electron chi connectivity index (χ3n) is 5.08. The lowest BCUT2D eigenvalue weighted by atomic mass is 10.0. The Morgan fingerprint density at radius 3 is 2.42 bits per heavy atom. The van der Waals surface area contributed by atoms with Gasteiger partial charge in [0.25, 0.3) is 0 Å². The summed E-state index contributed by atoms with van der Waals surface area (Å²) in [6.07, 6.45) is 2.76. The molecule has 1 saturated heterocycles. The number of hydrogen-bond acceptors (Lipinski definition) is 4. The van der Waals surface area contributed by atoms with Gasteiger partial charge in [-0.25, -0.2) is 8.42 Å². The zero-order chi connectivity index (χ0) is 22.4. The van der Waals surface area contributed by atoms with Crippen LogP contribution in [0.15, 0.2) is 53.4 Å². The molecule has 0 spiro atoms. The molecule has 1 atom stereocenters. The van der Waals surface area contributed by atoms with E-state index in [1.807, 2.05) is 0 Å². The lowest BCUT2D eigenvalue weighted by Gasteiger charge is -2.34. The molecule has 0 bridgehead atoms. The number of para-hydroxylation sites is 1. The predicted molar refractivity (Wildman–Crippen MR) is 121 cm³/mol. The molecule has 2 aromatic carbocycles. The first-order valence-electron chi connectivity index (χ1n) is 9.90. The van der Waals surface area contributed by atoms with Crippen LogP contribution in [-0.2, 0) is 19.6 Å². The molecule has 2 aromatic rings. The minimum absolute atomic E-state index is 0.173. The highest BCUT2D eigenvalue weighted by molar-refractivity contribution is 7.89. The zero-order valence-electron chi connectivity index (χ0n) is 16.7. The summed E-state index contributed by atoms with van der Waals surface area (Å²) in [7, 11) is -3.67. The average Bonchev–Trinajstić information content (AvgIpc) is 2.76. The van der Waals surface area contributed by atoms with Gasteiger partial charge in [-0.2, -0.15) is 4.31 Å². The summed E-state index contributed by atoms with van der Waals surface area (Å²) in [6.45, 7) is 0.586. The first-order chi connectivity index (χ1) is 14.8. The summed E-state index contributed by atoms with van der Waals surface area (Å²) < 4.78 is 27.6. The van der Waals surface area contributed by atoms with Gasteiger partial charge in [0.1, 0.15) is 0 Å². The second kappa shape index (κ2) is 10.5. The number of anilines is 1. The molecule has 0 radical (unpaired) electrons. The van der Waals surface area contributed by atoms with Crippen LogP contribution in [0.25, 0.3) is 0 Å². The molecule has 0 aliphatic carbocycles. The predicted octanol–water partition coefficient (Wildman–Crippen LogP) is 3.68. The van der Waals surface area contributed by atoms with Gasteiger partial charge < -0.3 is 10.6 Å². The molecule has 1 fully saturated rings. The van der Waals surface area contributed by atoms with E-state index >= 15 is 0 Å². The van der Waals surface area contributed by atoms with Gasteiger partial charge >= 0.3 is 11.8 Å². The highest BCUT2D eigenvalue weighted by Crippen LogP contribution is 2.27. The maximum Gasteiger partial charge on any atom is 0.313 e. The highest BCUT2D eigenvalue weighted by Gasteiger charge is 2.33. The van der Waals surface area contributed by atoms with Crippen molar-refractivity contribution in [2.24, 2.45) is 0 Å². The summed E-state index contributed by atoms with van der Waals surface area (Å²) in [6, 6.07) is 12.4. The van der Waals surface area contributed by atoms with Crippen LogP contribution in [0.3, 0.4) is 0 Å². The number of sulfonamides is 1. The fourth-order valence-electron chi connectivity index (χ4n) is 3.50. The zero-order valence-corrected chi connectivity index (χ0v) is 19.0. The molecule has 3 rings (SSSR count). The Morgan fingerprint density at radius 2 is 1.71 bits per heavy atom. The van der Waals surface area contributed by atoms with Gasteiger partial charge in [-0.15, -0.1) is 0 Å². The fraction of sp³-hybridized carbons (Fsp3) is 0.333. The lowest BCUT2D eigenvalue weighted by Crippen LogP contribution is -2.45. The molecule has 0 saturated carbocycles. The number of nitrogens with one attached hydrogen (secondary N) is 2. The lowest BCUT2D eigenvalue weighted by molar-refractivity contribution is -0.136. The van der Waals surface area contributed by atoms with Crippen molar-refractivity contribution in [2.45, 2.75) is 36.6 Å². The smallest absolute Gasteiger partial charge is 0.313 e. The van der Waals surface area contributed by atoms with Crippen LogP contribution >= 0.6 is 23.2 Å². The van der Waals surface area contributed by atoms with Gasteiger partial charge in [-0.1, -0.05) is 41.8 Å². The van der Waals surface area contributed by atoms with Crippen molar-refractivity contribution in [2.75, 3.05) is 18.4 Å². The van der Waals surface area contributed by atoms with Gasteiger partial charge in [-0.3, -0.25) is 9.59 Å². The number of rotatable bonds is 6. The van der Waals surface area contributed by atoms with E-state index in [-0.39, 0.29) is 17.5 Å². The highest BCUT2D eigenvalue weighted by atomic mass is 35.5. The molecule has 2 amide bonds. The van der Waals surface area contributed by atoms with E-state index in [9.17, 15) is 18.0 Å². The van der Waals surface area contributed by atoms with E-state index in [0.29, 0.717) is 35.1 Å². The average molecular weight is 484 g/mol. The van der Waals surface area contributed by atoms with Crippen molar-refractivity contribution in [3.8, 4) is 0 Å². The Morgan fingerprint density at radius 1 is 1.00 bits per heavy atom. The molecule has 7 nitrogen and oxygen atoms in total. The minimum atomic E-state index is -3.67. The number of piperidine rings is 1. The number of carbonyl (C=O) groups excluding carboxylic acids is 2. The summed E-state index contributed by atoms with van der Waals surface area (Å²) in [4.78, 5) is 24.4. The van der Waals surface area contributed by atoms with Crippen molar-refractivity contribution in [3.63, 3.8) is 0 Å². The number of halogens is 2. The second-order valence-corrected chi connectivity index (χ2v) is 9.93. The summed E-state index contributed by atoms with van der Waals surface area (Å²) in [5, 5.41) is 5.81. The topological polar surface area (TPSA) is 95.6 Å². The Bertz CT molecular complexity index is 1040. The summed E-state index contributed by atoms with van der Waals surface area (Å²) in [5.74, 6) is -1.63. The fourth-order valence-corrected chi connectivity index (χ4v) is 5.53. The van der Waals surface area contributed by atoms with E-state index in [2.05, 4.69) is 10.6 Å². The van der Waals surface area contributed by atoms with E-state index in [1.54, 1.807) is 36.4 Å². The molecule has 1 heterocycles. The standard InChI is InChI=1S/C21H23Cl2N3O4S/c22-15-8-10-17(11-9-15)31(29,30)26-14-4-3-5-16(26)12-13-24-20(27)21(28)25-19-7-2-1-6-18(19)23/h1-2,6-11,16H,3-5,12-14H2,(H,24,27)(H,25,28)/t16-/m0/s1. The molecule has 1 aliphatic rings. The molecule has 31 heavy (non-hydrogen) atoms. The van der Waals surface area contributed by atoms with Crippen molar-refractivity contribution in [3.05, 3.63) is 58.6 Å². The van der Waals surface area contributed by atoms with Crippen LogP contribution in [-0.4, -0.2) is 43.7 Å². The second-order valence-electron chi connectivity index (χ2n) is 7.20.